The Morgan fingerprint density at radius 3 is 2.67 bits per heavy atom. The lowest BCUT2D eigenvalue weighted by atomic mass is 10.1. The topological polar surface area (TPSA) is 56.0 Å². The fourth-order valence-electron chi connectivity index (χ4n) is 2.22. The van der Waals surface area contributed by atoms with E-state index in [9.17, 15) is 9.59 Å². The number of benzene rings is 1. The van der Waals surface area contributed by atoms with Crippen LogP contribution in [-0.2, 0) is 7.05 Å². The molecule has 2 aromatic rings. The first-order valence-electron chi connectivity index (χ1n) is 5.71. The number of nitrogens with zero attached hydrogens (tertiary/aromatic N) is 2. The third-order valence-corrected chi connectivity index (χ3v) is 3.88. The van der Waals surface area contributed by atoms with Gasteiger partial charge in [0.25, 0.3) is 5.56 Å². The second-order valence-electron chi connectivity index (χ2n) is 4.49. The van der Waals surface area contributed by atoms with Gasteiger partial charge in [-0.05, 0) is 18.2 Å². The van der Waals surface area contributed by atoms with Gasteiger partial charge in [-0.1, -0.05) is 15.9 Å². The summed E-state index contributed by atoms with van der Waals surface area (Å²) in [6, 6.07) is 5.34. The minimum absolute atomic E-state index is 0.0238. The highest BCUT2D eigenvalue weighted by molar-refractivity contribution is 9.10. The van der Waals surface area contributed by atoms with Crippen molar-refractivity contribution in [1.29, 1.82) is 0 Å². The van der Waals surface area contributed by atoms with Crippen LogP contribution in [0, 0.1) is 0 Å². The van der Waals surface area contributed by atoms with Crippen molar-refractivity contribution in [3.05, 3.63) is 43.5 Å². The quantitative estimate of drug-likeness (QED) is 0.839. The molecule has 3 rings (SSSR count). The van der Waals surface area contributed by atoms with E-state index in [1.165, 1.54) is 9.13 Å². The normalized spacial score (nSPS) is 15.9. The Morgan fingerprint density at radius 1 is 1.33 bits per heavy atom. The third kappa shape index (κ3) is 1.56. The van der Waals surface area contributed by atoms with Crippen LogP contribution < -0.4 is 16.6 Å². The van der Waals surface area contributed by atoms with Crippen LogP contribution in [0.4, 0.5) is 0 Å². The van der Waals surface area contributed by atoms with E-state index in [2.05, 4.69) is 21.2 Å². The molecule has 1 saturated heterocycles. The zero-order valence-corrected chi connectivity index (χ0v) is 11.4. The second kappa shape index (κ2) is 4.07. The minimum atomic E-state index is -0.253. The van der Waals surface area contributed by atoms with E-state index in [1.807, 2.05) is 6.07 Å². The van der Waals surface area contributed by atoms with Crippen molar-refractivity contribution >= 4 is 26.8 Å². The van der Waals surface area contributed by atoms with Gasteiger partial charge in [-0.15, -0.1) is 0 Å². The molecule has 0 saturated carbocycles. The first kappa shape index (κ1) is 11.7. The van der Waals surface area contributed by atoms with E-state index in [0.29, 0.717) is 24.0 Å². The lowest BCUT2D eigenvalue weighted by Gasteiger charge is -2.28. The van der Waals surface area contributed by atoms with Crippen LogP contribution in [0.15, 0.2) is 32.3 Å². The maximum absolute atomic E-state index is 12.4. The van der Waals surface area contributed by atoms with Crippen molar-refractivity contribution in [3.8, 4) is 0 Å². The summed E-state index contributed by atoms with van der Waals surface area (Å²) in [5.74, 6) is 0. The molecule has 0 aliphatic carbocycles. The third-order valence-electron chi connectivity index (χ3n) is 3.39. The molecular weight excluding hydrogens is 298 g/mol. The average Bonchev–Trinajstić information content (AvgIpc) is 2.29. The lowest BCUT2D eigenvalue weighted by molar-refractivity contribution is 0.323. The summed E-state index contributed by atoms with van der Waals surface area (Å²) in [6.07, 6.45) is 0. The number of halogens is 1. The molecule has 1 N–H and O–H groups in total. The Labute approximate surface area is 111 Å². The molecular formula is C12H12BrN3O2. The van der Waals surface area contributed by atoms with E-state index in [1.54, 1.807) is 19.2 Å². The van der Waals surface area contributed by atoms with E-state index in [4.69, 9.17) is 0 Å². The molecule has 94 valence electrons. The summed E-state index contributed by atoms with van der Waals surface area (Å²) in [5.41, 5.74) is 0.201. The summed E-state index contributed by atoms with van der Waals surface area (Å²) in [7, 11) is 1.69. The van der Waals surface area contributed by atoms with Crippen molar-refractivity contribution in [1.82, 2.24) is 14.5 Å². The number of hydrogen-bond donors (Lipinski definition) is 1. The van der Waals surface area contributed by atoms with Gasteiger partial charge in [-0.2, -0.15) is 0 Å². The van der Waals surface area contributed by atoms with E-state index in [0.717, 1.165) is 4.47 Å². The summed E-state index contributed by atoms with van der Waals surface area (Å²) in [5, 5.41) is 3.65. The Bertz CT molecular complexity index is 743. The van der Waals surface area contributed by atoms with E-state index in [-0.39, 0.29) is 17.3 Å². The van der Waals surface area contributed by atoms with Crippen molar-refractivity contribution in [2.45, 2.75) is 6.04 Å². The van der Waals surface area contributed by atoms with Crippen molar-refractivity contribution in [3.63, 3.8) is 0 Å². The summed E-state index contributed by atoms with van der Waals surface area (Å²) in [4.78, 5) is 24.6. The first-order chi connectivity index (χ1) is 8.59. The van der Waals surface area contributed by atoms with E-state index < -0.39 is 0 Å². The van der Waals surface area contributed by atoms with Crippen LogP contribution in [-0.4, -0.2) is 22.2 Å². The monoisotopic (exact) mass is 309 g/mol. The molecule has 0 amide bonds. The van der Waals surface area contributed by atoms with Crippen molar-refractivity contribution in [2.24, 2.45) is 7.05 Å². The SMILES string of the molecule is Cn1c(=O)n(C2CNC2)c(=O)c2ccc(Br)cc21. The Balaban J connectivity index is 2.43. The zero-order chi connectivity index (χ0) is 12.9. The Hall–Kier alpha value is -1.40. The van der Waals surface area contributed by atoms with Gasteiger partial charge < -0.3 is 5.32 Å². The maximum atomic E-state index is 12.4. The molecule has 1 aliphatic heterocycles. The van der Waals surface area contributed by atoms with E-state index >= 15 is 0 Å². The van der Waals surface area contributed by atoms with Crippen LogP contribution in [0.25, 0.3) is 10.9 Å². The average molecular weight is 310 g/mol. The molecule has 0 spiro atoms. The van der Waals surface area contributed by atoms with Crippen molar-refractivity contribution in [2.75, 3.05) is 13.1 Å². The summed E-state index contributed by atoms with van der Waals surface area (Å²) >= 11 is 3.35. The largest absolute Gasteiger partial charge is 0.331 e. The van der Waals surface area contributed by atoms with Gasteiger partial charge >= 0.3 is 5.69 Å². The number of rotatable bonds is 1. The molecule has 0 unspecified atom stereocenters. The molecule has 5 nitrogen and oxygen atoms in total. The molecule has 0 radical (unpaired) electrons. The fourth-order valence-corrected chi connectivity index (χ4v) is 2.57. The number of aromatic nitrogens is 2. The minimum Gasteiger partial charge on any atom is -0.312 e. The van der Waals surface area contributed by atoms with Gasteiger partial charge in [0.05, 0.1) is 16.9 Å². The lowest BCUT2D eigenvalue weighted by Crippen LogP contribution is -2.53. The number of nitrogens with one attached hydrogen (secondary N) is 1. The molecule has 2 heterocycles. The fraction of sp³-hybridized carbons (Fsp3) is 0.333. The highest BCUT2D eigenvalue weighted by atomic mass is 79.9. The standard InChI is InChI=1S/C12H12BrN3O2/c1-15-10-4-7(13)2-3-9(10)11(17)16(12(15)18)8-5-14-6-8/h2-4,8,14H,5-6H2,1H3. The molecule has 0 bridgehead atoms. The number of fused-ring (bicyclic) bond motifs is 1. The van der Waals surface area contributed by atoms with Gasteiger partial charge in [0.15, 0.2) is 0 Å². The van der Waals surface area contributed by atoms with Gasteiger partial charge in [0, 0.05) is 24.6 Å². The van der Waals surface area contributed by atoms with Crippen LogP contribution in [0.5, 0.6) is 0 Å². The molecule has 1 aromatic heterocycles. The smallest absolute Gasteiger partial charge is 0.312 e. The van der Waals surface area contributed by atoms with Gasteiger partial charge in [-0.3, -0.25) is 13.9 Å². The highest BCUT2D eigenvalue weighted by Crippen LogP contribution is 2.16. The Morgan fingerprint density at radius 2 is 2.06 bits per heavy atom. The number of hydrogen-bond acceptors (Lipinski definition) is 3. The van der Waals surface area contributed by atoms with Crippen molar-refractivity contribution < 1.29 is 0 Å². The summed E-state index contributed by atoms with van der Waals surface area (Å²) in [6.45, 7) is 1.36. The van der Waals surface area contributed by atoms with Crippen LogP contribution in [0.1, 0.15) is 6.04 Å². The molecule has 1 fully saturated rings. The van der Waals surface area contributed by atoms with Gasteiger partial charge in [0.2, 0.25) is 0 Å². The van der Waals surface area contributed by atoms with Gasteiger partial charge in [0.1, 0.15) is 0 Å². The van der Waals surface area contributed by atoms with Gasteiger partial charge in [-0.25, -0.2) is 4.79 Å². The maximum Gasteiger partial charge on any atom is 0.331 e. The molecule has 6 heteroatoms. The van der Waals surface area contributed by atoms with Crippen LogP contribution in [0.3, 0.4) is 0 Å². The van der Waals surface area contributed by atoms with Crippen LogP contribution in [0.2, 0.25) is 0 Å². The molecule has 0 atom stereocenters. The zero-order valence-electron chi connectivity index (χ0n) is 9.81. The predicted octanol–water partition coefficient (Wildman–Crippen LogP) is 0.607. The predicted molar refractivity (Wildman–Crippen MR) is 73.1 cm³/mol. The molecule has 1 aliphatic rings. The first-order valence-corrected chi connectivity index (χ1v) is 6.50. The molecule has 1 aromatic carbocycles. The molecule has 18 heavy (non-hydrogen) atoms. The number of aryl methyl sites for hydroxylation is 1. The summed E-state index contributed by atoms with van der Waals surface area (Å²) < 4.78 is 3.74. The second-order valence-corrected chi connectivity index (χ2v) is 5.41. The van der Waals surface area contributed by atoms with Crippen LogP contribution >= 0.6 is 15.9 Å². The highest BCUT2D eigenvalue weighted by Gasteiger charge is 2.24. The Kier molecular flexibility index (Phi) is 2.64.